The molecule has 7 nitrogen and oxygen atoms in total. The first kappa shape index (κ1) is 15.2. The van der Waals surface area contributed by atoms with Crippen molar-refractivity contribution in [2.24, 2.45) is 5.73 Å². The van der Waals surface area contributed by atoms with Gasteiger partial charge in [0.1, 0.15) is 11.5 Å². The molecule has 2 aromatic rings. The van der Waals surface area contributed by atoms with E-state index in [1.54, 1.807) is 15.8 Å². The van der Waals surface area contributed by atoms with Crippen molar-refractivity contribution in [2.75, 3.05) is 6.54 Å². The lowest BCUT2D eigenvalue weighted by atomic mass is 10.2. The Morgan fingerprint density at radius 2 is 2.24 bits per heavy atom. The molecular weight excluding hydrogens is 270 g/mol. The minimum Gasteiger partial charge on any atom is -0.464 e. The molecular formula is C14H21N5O2. The van der Waals surface area contributed by atoms with Crippen molar-refractivity contribution in [3.05, 3.63) is 35.5 Å². The molecule has 1 amide bonds. The Morgan fingerprint density at radius 1 is 1.48 bits per heavy atom. The summed E-state index contributed by atoms with van der Waals surface area (Å²) in [6.07, 6.45) is 1.62. The average Bonchev–Trinajstić information content (AvgIpc) is 3.05. The van der Waals surface area contributed by atoms with Crippen LogP contribution in [0.2, 0.25) is 0 Å². The van der Waals surface area contributed by atoms with Crippen molar-refractivity contribution in [2.45, 2.75) is 39.9 Å². The van der Waals surface area contributed by atoms with Gasteiger partial charge in [0, 0.05) is 12.6 Å². The van der Waals surface area contributed by atoms with Crippen LogP contribution in [0, 0.1) is 6.92 Å². The number of nitrogens with zero attached hydrogens (tertiary/aromatic N) is 4. The molecule has 7 heteroatoms. The third-order valence-electron chi connectivity index (χ3n) is 3.12. The van der Waals surface area contributed by atoms with Crippen molar-refractivity contribution < 1.29 is 9.21 Å². The summed E-state index contributed by atoms with van der Waals surface area (Å²) < 4.78 is 7.11. The lowest BCUT2D eigenvalue weighted by Crippen LogP contribution is -2.36. The molecule has 0 aliphatic rings. The van der Waals surface area contributed by atoms with E-state index >= 15 is 0 Å². The van der Waals surface area contributed by atoms with Crippen LogP contribution in [0.15, 0.2) is 22.7 Å². The summed E-state index contributed by atoms with van der Waals surface area (Å²) in [5, 5.41) is 7.82. The Labute approximate surface area is 123 Å². The van der Waals surface area contributed by atoms with E-state index in [0.29, 0.717) is 25.3 Å². The second-order valence-electron chi connectivity index (χ2n) is 5.19. The van der Waals surface area contributed by atoms with Gasteiger partial charge in [0.05, 0.1) is 19.3 Å². The molecule has 0 saturated heterocycles. The Balaban J connectivity index is 2.14. The van der Waals surface area contributed by atoms with Gasteiger partial charge < -0.3 is 15.1 Å². The van der Waals surface area contributed by atoms with Crippen LogP contribution in [-0.2, 0) is 13.1 Å². The molecule has 0 aromatic carbocycles. The first-order chi connectivity index (χ1) is 10.0. The molecule has 21 heavy (non-hydrogen) atoms. The van der Waals surface area contributed by atoms with Gasteiger partial charge in [0.2, 0.25) is 0 Å². The predicted molar refractivity (Wildman–Crippen MR) is 77.5 cm³/mol. The molecule has 0 atom stereocenters. The van der Waals surface area contributed by atoms with Crippen LogP contribution in [0.4, 0.5) is 0 Å². The number of nitrogens with two attached hydrogens (primary N) is 1. The highest BCUT2D eigenvalue weighted by Gasteiger charge is 2.22. The van der Waals surface area contributed by atoms with Crippen molar-refractivity contribution in [3.63, 3.8) is 0 Å². The number of hydrogen-bond acceptors (Lipinski definition) is 5. The predicted octanol–water partition coefficient (Wildman–Crippen LogP) is 1.19. The van der Waals surface area contributed by atoms with E-state index in [4.69, 9.17) is 10.2 Å². The van der Waals surface area contributed by atoms with Crippen molar-refractivity contribution in [1.82, 2.24) is 19.9 Å². The van der Waals surface area contributed by atoms with Gasteiger partial charge in [-0.15, -0.1) is 5.10 Å². The smallest absolute Gasteiger partial charge is 0.276 e. The van der Waals surface area contributed by atoms with Crippen molar-refractivity contribution in [1.29, 1.82) is 0 Å². The molecule has 114 valence electrons. The van der Waals surface area contributed by atoms with Crippen LogP contribution < -0.4 is 5.73 Å². The minimum atomic E-state index is -0.165. The summed E-state index contributed by atoms with van der Waals surface area (Å²) in [6.45, 7) is 7.20. The van der Waals surface area contributed by atoms with Crippen LogP contribution in [0.3, 0.4) is 0 Å². The van der Waals surface area contributed by atoms with Gasteiger partial charge in [0.25, 0.3) is 5.91 Å². The monoisotopic (exact) mass is 291 g/mol. The largest absolute Gasteiger partial charge is 0.464 e. The third kappa shape index (κ3) is 3.69. The van der Waals surface area contributed by atoms with Gasteiger partial charge in [-0.1, -0.05) is 5.21 Å². The maximum Gasteiger partial charge on any atom is 0.276 e. The van der Waals surface area contributed by atoms with E-state index < -0.39 is 0 Å². The molecule has 0 fully saturated rings. The van der Waals surface area contributed by atoms with Gasteiger partial charge in [-0.25, -0.2) is 0 Å². The average molecular weight is 291 g/mol. The highest BCUT2D eigenvalue weighted by Crippen LogP contribution is 2.14. The number of carbonyl (C=O) groups is 1. The van der Waals surface area contributed by atoms with Crippen molar-refractivity contribution in [3.8, 4) is 0 Å². The van der Waals surface area contributed by atoms with Crippen LogP contribution in [0.25, 0.3) is 0 Å². The van der Waals surface area contributed by atoms with E-state index in [1.165, 1.54) is 0 Å². The second-order valence-corrected chi connectivity index (χ2v) is 5.19. The summed E-state index contributed by atoms with van der Waals surface area (Å²) in [4.78, 5) is 14.3. The number of furan rings is 1. The Morgan fingerprint density at radius 3 is 2.81 bits per heavy atom. The zero-order valence-corrected chi connectivity index (χ0v) is 12.6. The zero-order valence-electron chi connectivity index (χ0n) is 12.6. The zero-order chi connectivity index (χ0) is 15.4. The SMILES string of the molecule is Cc1ccc(CN(C(=O)c2cn(CCN)nn2)C(C)C)o1. The van der Waals surface area contributed by atoms with Crippen molar-refractivity contribution >= 4 is 5.91 Å². The first-order valence-electron chi connectivity index (χ1n) is 6.97. The molecule has 0 spiro atoms. The van der Waals surface area contributed by atoms with Gasteiger partial charge >= 0.3 is 0 Å². The number of carbonyl (C=O) groups excluding carboxylic acids is 1. The Hall–Kier alpha value is -2.15. The van der Waals surface area contributed by atoms with Gasteiger partial charge in [0.15, 0.2) is 5.69 Å². The second kappa shape index (κ2) is 6.53. The molecule has 2 rings (SSSR count). The van der Waals surface area contributed by atoms with E-state index in [1.807, 2.05) is 32.9 Å². The Kier molecular flexibility index (Phi) is 4.74. The third-order valence-corrected chi connectivity index (χ3v) is 3.12. The van der Waals surface area contributed by atoms with Gasteiger partial charge in [-0.05, 0) is 32.9 Å². The molecule has 0 unspecified atom stereocenters. The topological polar surface area (TPSA) is 90.2 Å². The minimum absolute atomic E-state index is 0.0302. The summed E-state index contributed by atoms with van der Waals surface area (Å²) in [5.41, 5.74) is 5.78. The van der Waals surface area contributed by atoms with Crippen LogP contribution in [-0.4, -0.2) is 38.4 Å². The van der Waals surface area contributed by atoms with Crippen LogP contribution in [0.1, 0.15) is 35.9 Å². The quantitative estimate of drug-likeness (QED) is 0.863. The van der Waals surface area contributed by atoms with E-state index in [-0.39, 0.29) is 11.9 Å². The standard InChI is InChI=1S/C14H21N5O2/c1-10(2)19(8-12-5-4-11(3)21-12)14(20)13-9-18(7-6-15)17-16-13/h4-5,9-10H,6-8,15H2,1-3H3. The van der Waals surface area contributed by atoms with Crippen LogP contribution in [0.5, 0.6) is 0 Å². The van der Waals surface area contributed by atoms with E-state index in [2.05, 4.69) is 10.3 Å². The number of amides is 1. The molecule has 0 aliphatic carbocycles. The summed E-state index contributed by atoms with van der Waals surface area (Å²) in [7, 11) is 0. The number of rotatable bonds is 6. The molecule has 2 aromatic heterocycles. The molecule has 0 bridgehead atoms. The normalized spacial score (nSPS) is 11.1. The Bertz CT molecular complexity index is 602. The maximum atomic E-state index is 12.6. The fraction of sp³-hybridized carbons (Fsp3) is 0.500. The summed E-state index contributed by atoms with van der Waals surface area (Å²) >= 11 is 0. The fourth-order valence-electron chi connectivity index (χ4n) is 2.01. The van der Waals surface area contributed by atoms with E-state index in [9.17, 15) is 4.79 Å². The van der Waals surface area contributed by atoms with Gasteiger partial charge in [-0.2, -0.15) is 0 Å². The molecule has 0 saturated carbocycles. The number of aryl methyl sites for hydroxylation is 1. The summed E-state index contributed by atoms with van der Waals surface area (Å²) in [6, 6.07) is 3.79. The fourth-order valence-corrected chi connectivity index (χ4v) is 2.01. The number of aromatic nitrogens is 3. The maximum absolute atomic E-state index is 12.6. The lowest BCUT2D eigenvalue weighted by Gasteiger charge is -2.24. The van der Waals surface area contributed by atoms with E-state index in [0.717, 1.165) is 11.5 Å². The highest BCUT2D eigenvalue weighted by molar-refractivity contribution is 5.92. The molecule has 2 heterocycles. The molecule has 2 N–H and O–H groups in total. The highest BCUT2D eigenvalue weighted by atomic mass is 16.3. The van der Waals surface area contributed by atoms with Crippen LogP contribution >= 0.6 is 0 Å². The number of hydrogen-bond donors (Lipinski definition) is 1. The lowest BCUT2D eigenvalue weighted by molar-refractivity contribution is 0.0669. The first-order valence-corrected chi connectivity index (χ1v) is 6.97. The molecule has 0 aliphatic heterocycles. The molecule has 0 radical (unpaired) electrons. The van der Waals surface area contributed by atoms with Gasteiger partial charge in [-0.3, -0.25) is 9.48 Å². The summed E-state index contributed by atoms with van der Waals surface area (Å²) in [5.74, 6) is 1.42.